The van der Waals surface area contributed by atoms with Crippen molar-refractivity contribution in [1.82, 2.24) is 5.32 Å². The molecule has 158 valence electrons. The van der Waals surface area contributed by atoms with Gasteiger partial charge in [-0.2, -0.15) is 0 Å². The van der Waals surface area contributed by atoms with Crippen LogP contribution in [0.2, 0.25) is 0 Å². The van der Waals surface area contributed by atoms with Crippen LogP contribution in [0.3, 0.4) is 0 Å². The minimum absolute atomic E-state index is 0.0818. The Hall–Kier alpha value is -3.35. The largest absolute Gasteiger partial charge is 0.484 e. The summed E-state index contributed by atoms with van der Waals surface area (Å²) in [5.74, 6) is -0.245. The third-order valence-electron chi connectivity index (χ3n) is 5.26. The molecule has 2 N–H and O–H groups in total. The summed E-state index contributed by atoms with van der Waals surface area (Å²) >= 11 is 0. The number of anilines is 2. The van der Waals surface area contributed by atoms with Crippen LogP contribution in [0.15, 0.2) is 42.5 Å². The van der Waals surface area contributed by atoms with Gasteiger partial charge in [-0.1, -0.05) is 25.1 Å². The predicted molar refractivity (Wildman–Crippen MR) is 116 cm³/mol. The third kappa shape index (κ3) is 4.79. The fourth-order valence-corrected chi connectivity index (χ4v) is 3.59. The van der Waals surface area contributed by atoms with Crippen molar-refractivity contribution < 1.29 is 19.1 Å². The molecule has 2 aromatic rings. The number of carbonyl (C=O) groups excluding carboxylic acids is 3. The molecule has 1 atom stereocenters. The summed E-state index contributed by atoms with van der Waals surface area (Å²) in [5.41, 5.74) is 3.63. The average molecular weight is 409 g/mol. The zero-order valence-electron chi connectivity index (χ0n) is 17.5. The number of nitrogens with one attached hydrogen (secondary N) is 2. The van der Waals surface area contributed by atoms with Crippen LogP contribution in [0, 0.1) is 12.8 Å². The highest BCUT2D eigenvalue weighted by Gasteiger charge is 2.34. The standard InChI is InChI=1S/C23H27N3O4/c1-4-16-7-5-6-15(2)22(16)25-20(27)14-30-19-10-8-18(9-11-19)26-13-17(12-21(26)28)23(29)24-3/h5-11,17H,4,12-14H2,1-3H3,(H,24,29)(H,25,27)/t17-/m1/s1. The van der Waals surface area contributed by atoms with E-state index in [-0.39, 0.29) is 36.7 Å². The van der Waals surface area contributed by atoms with Gasteiger partial charge < -0.3 is 20.3 Å². The summed E-state index contributed by atoms with van der Waals surface area (Å²) in [6.45, 7) is 4.25. The fourth-order valence-electron chi connectivity index (χ4n) is 3.59. The highest BCUT2D eigenvalue weighted by molar-refractivity contribution is 6.00. The van der Waals surface area contributed by atoms with Gasteiger partial charge in [-0.3, -0.25) is 14.4 Å². The molecular weight excluding hydrogens is 382 g/mol. The monoisotopic (exact) mass is 409 g/mol. The molecule has 30 heavy (non-hydrogen) atoms. The maximum atomic E-state index is 12.3. The first-order chi connectivity index (χ1) is 14.4. The normalized spacial score (nSPS) is 15.8. The molecule has 0 aromatic heterocycles. The lowest BCUT2D eigenvalue weighted by Crippen LogP contribution is -2.30. The predicted octanol–water partition coefficient (Wildman–Crippen LogP) is 2.67. The summed E-state index contributed by atoms with van der Waals surface area (Å²) < 4.78 is 5.60. The smallest absolute Gasteiger partial charge is 0.262 e. The molecule has 1 heterocycles. The number of carbonyl (C=O) groups is 3. The Balaban J connectivity index is 1.57. The van der Waals surface area contributed by atoms with E-state index in [4.69, 9.17) is 4.74 Å². The molecule has 3 rings (SSSR count). The van der Waals surface area contributed by atoms with Crippen molar-refractivity contribution in [3.05, 3.63) is 53.6 Å². The van der Waals surface area contributed by atoms with Gasteiger partial charge >= 0.3 is 0 Å². The lowest BCUT2D eigenvalue weighted by atomic mass is 10.1. The van der Waals surface area contributed by atoms with E-state index in [9.17, 15) is 14.4 Å². The first kappa shape index (κ1) is 21.4. The molecule has 1 aliphatic rings. The molecule has 1 aliphatic heterocycles. The van der Waals surface area contributed by atoms with E-state index < -0.39 is 0 Å². The molecule has 3 amide bonds. The zero-order chi connectivity index (χ0) is 21.7. The molecule has 2 aromatic carbocycles. The first-order valence-corrected chi connectivity index (χ1v) is 10.1. The van der Waals surface area contributed by atoms with Gasteiger partial charge in [-0.05, 0) is 48.7 Å². The number of benzene rings is 2. The molecule has 0 aliphatic carbocycles. The quantitative estimate of drug-likeness (QED) is 0.736. The summed E-state index contributed by atoms with van der Waals surface area (Å²) in [6, 6.07) is 12.9. The van der Waals surface area contributed by atoms with Crippen molar-refractivity contribution in [3.63, 3.8) is 0 Å². The van der Waals surface area contributed by atoms with Gasteiger partial charge in [-0.25, -0.2) is 0 Å². The molecule has 1 fully saturated rings. The van der Waals surface area contributed by atoms with Crippen molar-refractivity contribution in [2.45, 2.75) is 26.7 Å². The van der Waals surface area contributed by atoms with Gasteiger partial charge in [0.1, 0.15) is 5.75 Å². The highest BCUT2D eigenvalue weighted by Crippen LogP contribution is 2.27. The van der Waals surface area contributed by atoms with Crippen LogP contribution in [-0.2, 0) is 20.8 Å². The molecule has 0 saturated carbocycles. The minimum atomic E-state index is -0.337. The molecule has 0 unspecified atom stereocenters. The number of para-hydroxylation sites is 1. The van der Waals surface area contributed by atoms with Crippen LogP contribution in [0.1, 0.15) is 24.5 Å². The molecule has 1 saturated heterocycles. The van der Waals surface area contributed by atoms with Crippen molar-refractivity contribution >= 4 is 29.1 Å². The number of rotatable bonds is 7. The third-order valence-corrected chi connectivity index (χ3v) is 5.26. The van der Waals surface area contributed by atoms with E-state index in [0.717, 1.165) is 23.2 Å². The van der Waals surface area contributed by atoms with Crippen LogP contribution >= 0.6 is 0 Å². The Kier molecular flexibility index (Phi) is 6.72. The van der Waals surface area contributed by atoms with Gasteiger partial charge in [0.2, 0.25) is 11.8 Å². The second kappa shape index (κ2) is 9.43. The van der Waals surface area contributed by atoms with Crippen LogP contribution in [0.4, 0.5) is 11.4 Å². The topological polar surface area (TPSA) is 87.7 Å². The van der Waals surface area contributed by atoms with Crippen molar-refractivity contribution in [2.75, 3.05) is 30.4 Å². The van der Waals surface area contributed by atoms with Crippen LogP contribution in [0.5, 0.6) is 5.75 Å². The van der Waals surface area contributed by atoms with Crippen LogP contribution in [0.25, 0.3) is 0 Å². The van der Waals surface area contributed by atoms with Gasteiger partial charge in [0.15, 0.2) is 6.61 Å². The minimum Gasteiger partial charge on any atom is -0.484 e. The number of hydrogen-bond acceptors (Lipinski definition) is 4. The van der Waals surface area contributed by atoms with Crippen molar-refractivity contribution in [3.8, 4) is 5.75 Å². The van der Waals surface area contributed by atoms with Gasteiger partial charge in [0, 0.05) is 31.4 Å². The van der Waals surface area contributed by atoms with Crippen LogP contribution < -0.4 is 20.3 Å². The van der Waals surface area contributed by atoms with E-state index >= 15 is 0 Å². The summed E-state index contributed by atoms with van der Waals surface area (Å²) in [5, 5.41) is 5.52. The Labute approximate surface area is 176 Å². The van der Waals surface area contributed by atoms with Crippen molar-refractivity contribution in [1.29, 1.82) is 0 Å². The fraction of sp³-hybridized carbons (Fsp3) is 0.348. The zero-order valence-corrected chi connectivity index (χ0v) is 17.5. The lowest BCUT2D eigenvalue weighted by molar-refractivity contribution is -0.125. The number of aryl methyl sites for hydroxylation is 2. The summed E-state index contributed by atoms with van der Waals surface area (Å²) in [7, 11) is 1.57. The highest BCUT2D eigenvalue weighted by atomic mass is 16.5. The maximum Gasteiger partial charge on any atom is 0.262 e. The van der Waals surface area contributed by atoms with Crippen LogP contribution in [-0.4, -0.2) is 37.9 Å². The second-order valence-electron chi connectivity index (χ2n) is 7.31. The maximum absolute atomic E-state index is 12.3. The van der Waals surface area contributed by atoms with Crippen molar-refractivity contribution in [2.24, 2.45) is 5.92 Å². The van der Waals surface area contributed by atoms with E-state index in [1.165, 1.54) is 0 Å². The number of hydrogen-bond donors (Lipinski definition) is 2. The van der Waals surface area contributed by atoms with Gasteiger partial charge in [0.05, 0.1) is 5.92 Å². The second-order valence-corrected chi connectivity index (χ2v) is 7.31. The molecular formula is C23H27N3O4. The Morgan fingerprint density at radius 1 is 1.17 bits per heavy atom. The Morgan fingerprint density at radius 2 is 1.90 bits per heavy atom. The summed E-state index contributed by atoms with van der Waals surface area (Å²) in [6.07, 6.45) is 1.03. The number of amides is 3. The van der Waals surface area contributed by atoms with E-state index in [1.54, 1.807) is 36.2 Å². The Morgan fingerprint density at radius 3 is 2.57 bits per heavy atom. The van der Waals surface area contributed by atoms with E-state index in [1.807, 2.05) is 32.0 Å². The number of nitrogens with zero attached hydrogens (tertiary/aromatic N) is 1. The summed E-state index contributed by atoms with van der Waals surface area (Å²) in [4.78, 5) is 37.9. The number of ether oxygens (including phenoxy) is 1. The molecule has 0 spiro atoms. The molecule has 7 heteroatoms. The first-order valence-electron chi connectivity index (χ1n) is 10.1. The lowest BCUT2D eigenvalue weighted by Gasteiger charge is -2.17. The SMILES string of the molecule is CCc1cccc(C)c1NC(=O)COc1ccc(N2C[C@H](C(=O)NC)CC2=O)cc1. The Bertz CT molecular complexity index is 940. The van der Waals surface area contributed by atoms with Gasteiger partial charge in [0.25, 0.3) is 5.91 Å². The molecule has 7 nitrogen and oxygen atoms in total. The van der Waals surface area contributed by atoms with Gasteiger partial charge in [-0.15, -0.1) is 0 Å². The molecule has 0 radical (unpaired) electrons. The van der Waals surface area contributed by atoms with E-state index in [0.29, 0.717) is 18.0 Å². The van der Waals surface area contributed by atoms with E-state index in [2.05, 4.69) is 10.6 Å². The average Bonchev–Trinajstić information content (AvgIpc) is 3.15. The molecule has 0 bridgehead atoms.